The maximum atomic E-state index is 12.1. The van der Waals surface area contributed by atoms with Crippen molar-refractivity contribution in [2.75, 3.05) is 17.7 Å². The lowest BCUT2D eigenvalue weighted by atomic mass is 9.92. The third-order valence-corrected chi connectivity index (χ3v) is 7.36. The van der Waals surface area contributed by atoms with Crippen LogP contribution in [0.4, 0.5) is 16.2 Å². The summed E-state index contributed by atoms with van der Waals surface area (Å²) < 4.78 is 15.8. The van der Waals surface area contributed by atoms with Crippen LogP contribution in [-0.4, -0.2) is 32.9 Å². The van der Waals surface area contributed by atoms with E-state index in [9.17, 15) is 4.79 Å². The summed E-state index contributed by atoms with van der Waals surface area (Å²) in [7, 11) is 0. The fourth-order valence-corrected chi connectivity index (χ4v) is 4.91. The van der Waals surface area contributed by atoms with Gasteiger partial charge in [-0.05, 0) is 68.9 Å². The van der Waals surface area contributed by atoms with Crippen molar-refractivity contribution in [1.82, 2.24) is 14.1 Å². The second kappa shape index (κ2) is 9.60. The third kappa shape index (κ3) is 4.39. The van der Waals surface area contributed by atoms with E-state index >= 15 is 0 Å². The number of nitrogens with zero attached hydrogens (tertiary/aromatic N) is 3. The molecule has 2 aliphatic carbocycles. The van der Waals surface area contributed by atoms with Gasteiger partial charge in [0.2, 0.25) is 0 Å². The number of anilines is 2. The minimum absolute atomic E-state index is 0.0574. The minimum atomic E-state index is -0.392. The SMILES string of the molecule is Nc1c(-c2ccc(NC(=O)OC3CCC3)cc2)n(C2CCC2)c2ccc(OCCn3ccnc3)cc12. The zero-order chi connectivity index (χ0) is 24.5. The number of fused-ring (bicyclic) bond motifs is 1. The first-order valence-electron chi connectivity index (χ1n) is 12.8. The van der Waals surface area contributed by atoms with E-state index in [1.54, 1.807) is 12.5 Å². The van der Waals surface area contributed by atoms with Gasteiger partial charge in [0.05, 0.1) is 29.8 Å². The highest BCUT2D eigenvalue weighted by atomic mass is 16.6. The molecule has 2 fully saturated rings. The van der Waals surface area contributed by atoms with Gasteiger partial charge < -0.3 is 24.3 Å². The van der Waals surface area contributed by atoms with Gasteiger partial charge in [-0.3, -0.25) is 5.32 Å². The molecule has 2 aromatic carbocycles. The van der Waals surface area contributed by atoms with Crippen LogP contribution in [0.5, 0.6) is 5.75 Å². The van der Waals surface area contributed by atoms with E-state index < -0.39 is 6.09 Å². The quantitative estimate of drug-likeness (QED) is 0.319. The van der Waals surface area contributed by atoms with Crippen LogP contribution in [0.1, 0.15) is 44.6 Å². The molecule has 0 atom stereocenters. The van der Waals surface area contributed by atoms with Crippen molar-refractivity contribution in [2.45, 2.75) is 57.2 Å². The van der Waals surface area contributed by atoms with Gasteiger partial charge in [-0.1, -0.05) is 12.1 Å². The maximum Gasteiger partial charge on any atom is 0.411 e. The number of carbonyl (C=O) groups is 1. The second-order valence-corrected chi connectivity index (χ2v) is 9.71. The summed E-state index contributed by atoms with van der Waals surface area (Å²) in [5.41, 5.74) is 11.4. The summed E-state index contributed by atoms with van der Waals surface area (Å²) in [5, 5.41) is 3.84. The van der Waals surface area contributed by atoms with Gasteiger partial charge in [0, 0.05) is 35.1 Å². The Labute approximate surface area is 210 Å². The number of imidazole rings is 1. The average molecular weight is 486 g/mol. The first-order chi connectivity index (χ1) is 17.7. The molecule has 0 unspecified atom stereocenters. The molecule has 4 aromatic rings. The van der Waals surface area contributed by atoms with Crippen LogP contribution in [0.25, 0.3) is 22.2 Å². The van der Waals surface area contributed by atoms with E-state index in [-0.39, 0.29) is 6.10 Å². The van der Waals surface area contributed by atoms with Gasteiger partial charge >= 0.3 is 6.09 Å². The minimum Gasteiger partial charge on any atom is -0.492 e. The Bertz CT molecular complexity index is 1350. The first kappa shape index (κ1) is 22.5. The lowest BCUT2D eigenvalue weighted by Gasteiger charge is -2.30. The summed E-state index contributed by atoms with van der Waals surface area (Å²) in [6, 6.07) is 14.5. The molecule has 0 radical (unpaired) electrons. The number of rotatable bonds is 8. The Morgan fingerprint density at radius 2 is 1.89 bits per heavy atom. The number of carbonyl (C=O) groups excluding carboxylic acids is 1. The van der Waals surface area contributed by atoms with Crippen molar-refractivity contribution in [3.8, 4) is 17.0 Å². The van der Waals surface area contributed by atoms with Gasteiger partial charge in [0.1, 0.15) is 18.5 Å². The molecule has 36 heavy (non-hydrogen) atoms. The van der Waals surface area contributed by atoms with Crippen LogP contribution in [0, 0.1) is 0 Å². The summed E-state index contributed by atoms with van der Waals surface area (Å²) in [6.45, 7) is 1.28. The molecule has 186 valence electrons. The van der Waals surface area contributed by atoms with Crippen molar-refractivity contribution in [1.29, 1.82) is 0 Å². The number of nitrogen functional groups attached to an aromatic ring is 1. The molecule has 6 rings (SSSR count). The second-order valence-electron chi connectivity index (χ2n) is 9.71. The van der Waals surface area contributed by atoms with Gasteiger partial charge in [0.25, 0.3) is 0 Å². The zero-order valence-corrected chi connectivity index (χ0v) is 20.2. The molecule has 0 aliphatic heterocycles. The predicted molar refractivity (Wildman–Crippen MR) is 140 cm³/mol. The Morgan fingerprint density at radius 1 is 1.08 bits per heavy atom. The number of amides is 1. The molecule has 2 saturated carbocycles. The molecule has 1 amide bonds. The van der Waals surface area contributed by atoms with Gasteiger partial charge in [-0.15, -0.1) is 0 Å². The molecule has 3 N–H and O–H groups in total. The number of hydrogen-bond donors (Lipinski definition) is 2. The summed E-state index contributed by atoms with van der Waals surface area (Å²) >= 11 is 0. The van der Waals surface area contributed by atoms with Crippen molar-refractivity contribution >= 4 is 28.4 Å². The Morgan fingerprint density at radius 3 is 2.56 bits per heavy atom. The number of hydrogen-bond acceptors (Lipinski definition) is 5. The lowest BCUT2D eigenvalue weighted by molar-refractivity contribution is 0.0624. The fourth-order valence-electron chi connectivity index (χ4n) is 4.91. The lowest BCUT2D eigenvalue weighted by Crippen LogP contribution is -2.27. The standard InChI is InChI=1S/C28H31N5O3/c29-26-24-17-23(35-16-15-32-14-13-30-18-32)11-12-25(24)33(21-3-1-4-21)27(26)19-7-9-20(10-8-19)31-28(34)36-22-5-2-6-22/h7-14,17-18,21-22H,1-6,15-16,29H2,(H,31,34). The van der Waals surface area contributed by atoms with Crippen molar-refractivity contribution in [3.05, 3.63) is 61.2 Å². The molecule has 8 heteroatoms. The molecule has 2 aromatic heterocycles. The Kier molecular flexibility index (Phi) is 6.01. The van der Waals surface area contributed by atoms with E-state index in [1.807, 2.05) is 47.2 Å². The summed E-state index contributed by atoms with van der Waals surface area (Å²) in [6.07, 6.45) is 11.7. The first-order valence-corrected chi connectivity index (χ1v) is 12.8. The van der Waals surface area contributed by atoms with Crippen LogP contribution in [0.3, 0.4) is 0 Å². The van der Waals surface area contributed by atoms with E-state index in [0.717, 1.165) is 72.2 Å². The van der Waals surface area contributed by atoms with Crippen molar-refractivity contribution < 1.29 is 14.3 Å². The number of benzene rings is 2. The highest BCUT2D eigenvalue weighted by Crippen LogP contribution is 2.45. The van der Waals surface area contributed by atoms with Gasteiger partial charge in [-0.25, -0.2) is 9.78 Å². The van der Waals surface area contributed by atoms with Crippen molar-refractivity contribution in [3.63, 3.8) is 0 Å². The normalized spacial score (nSPS) is 15.9. The fraction of sp³-hybridized carbons (Fsp3) is 0.357. The number of nitrogens with one attached hydrogen (secondary N) is 1. The smallest absolute Gasteiger partial charge is 0.411 e. The van der Waals surface area contributed by atoms with E-state index in [2.05, 4.69) is 20.9 Å². The van der Waals surface area contributed by atoms with Crippen molar-refractivity contribution in [2.24, 2.45) is 0 Å². The van der Waals surface area contributed by atoms with Crippen LogP contribution < -0.4 is 15.8 Å². The monoisotopic (exact) mass is 485 g/mol. The number of aromatic nitrogens is 3. The topological polar surface area (TPSA) is 96.3 Å². The zero-order valence-electron chi connectivity index (χ0n) is 20.2. The van der Waals surface area contributed by atoms with E-state index in [0.29, 0.717) is 18.3 Å². The molecular weight excluding hydrogens is 454 g/mol. The van der Waals surface area contributed by atoms with Gasteiger partial charge in [-0.2, -0.15) is 0 Å². The van der Waals surface area contributed by atoms with E-state index in [1.165, 1.54) is 6.42 Å². The number of nitrogens with two attached hydrogens (primary N) is 1. The van der Waals surface area contributed by atoms with Crippen LogP contribution in [0.2, 0.25) is 0 Å². The Balaban J connectivity index is 1.25. The van der Waals surface area contributed by atoms with E-state index in [4.69, 9.17) is 15.2 Å². The van der Waals surface area contributed by atoms with Crippen LogP contribution in [0.15, 0.2) is 61.2 Å². The molecule has 2 aliphatic rings. The van der Waals surface area contributed by atoms with Gasteiger partial charge in [0.15, 0.2) is 0 Å². The maximum absolute atomic E-state index is 12.1. The highest BCUT2D eigenvalue weighted by Gasteiger charge is 2.27. The molecule has 8 nitrogen and oxygen atoms in total. The number of ether oxygens (including phenoxy) is 2. The Hall–Kier alpha value is -3.94. The molecule has 2 heterocycles. The molecular formula is C28H31N5O3. The van der Waals surface area contributed by atoms with Crippen LogP contribution in [-0.2, 0) is 11.3 Å². The highest BCUT2D eigenvalue weighted by molar-refractivity contribution is 6.02. The summed E-state index contributed by atoms with van der Waals surface area (Å²) in [5.74, 6) is 0.802. The third-order valence-electron chi connectivity index (χ3n) is 7.36. The summed E-state index contributed by atoms with van der Waals surface area (Å²) in [4.78, 5) is 16.2. The molecule has 0 saturated heterocycles. The molecule has 0 spiro atoms. The predicted octanol–water partition coefficient (Wildman–Crippen LogP) is 5.99. The van der Waals surface area contributed by atoms with Crippen LogP contribution >= 0.6 is 0 Å². The average Bonchev–Trinajstić information content (AvgIpc) is 3.43. The largest absolute Gasteiger partial charge is 0.492 e. The molecule has 0 bridgehead atoms.